The first-order chi connectivity index (χ1) is 9.03. The summed E-state index contributed by atoms with van der Waals surface area (Å²) in [6.07, 6.45) is 2.91. The van der Waals surface area contributed by atoms with Crippen LogP contribution < -0.4 is 5.32 Å². The van der Waals surface area contributed by atoms with Crippen LogP contribution in [0.3, 0.4) is 0 Å². The van der Waals surface area contributed by atoms with E-state index < -0.39 is 11.6 Å². The van der Waals surface area contributed by atoms with Crippen LogP contribution in [-0.4, -0.2) is 51.0 Å². The maximum atomic E-state index is 11.0. The molecule has 2 unspecified atom stereocenters. The Morgan fingerprint density at radius 3 is 3.11 bits per heavy atom. The number of carbonyl (C=O) groups is 1. The van der Waals surface area contributed by atoms with Crippen LogP contribution in [0.4, 0.5) is 0 Å². The Balaban J connectivity index is 1.94. The number of rotatable bonds is 5. The SMILES string of the molecule is CC1OCCC1(O)CNCc1ncncc1C(=O)O. The maximum absolute atomic E-state index is 11.0. The molecule has 3 N–H and O–H groups in total. The number of aromatic nitrogens is 2. The van der Waals surface area contributed by atoms with E-state index in [2.05, 4.69) is 15.3 Å². The molecule has 1 saturated heterocycles. The van der Waals surface area contributed by atoms with E-state index in [1.807, 2.05) is 6.92 Å². The van der Waals surface area contributed by atoms with Crippen LogP contribution in [0.2, 0.25) is 0 Å². The fourth-order valence-electron chi connectivity index (χ4n) is 2.07. The predicted octanol–water partition coefficient (Wildman–Crippen LogP) is -0.196. The molecule has 19 heavy (non-hydrogen) atoms. The lowest BCUT2D eigenvalue weighted by atomic mass is 9.97. The van der Waals surface area contributed by atoms with Gasteiger partial charge in [-0.3, -0.25) is 0 Å². The van der Waals surface area contributed by atoms with Crippen LogP contribution in [0, 0.1) is 0 Å². The number of ether oxygens (including phenoxy) is 1. The van der Waals surface area contributed by atoms with Crippen molar-refractivity contribution in [2.75, 3.05) is 13.2 Å². The highest BCUT2D eigenvalue weighted by atomic mass is 16.5. The van der Waals surface area contributed by atoms with Crippen LogP contribution in [0.1, 0.15) is 29.4 Å². The van der Waals surface area contributed by atoms with Gasteiger partial charge in [-0.25, -0.2) is 14.8 Å². The maximum Gasteiger partial charge on any atom is 0.339 e. The van der Waals surface area contributed by atoms with Gasteiger partial charge in [0.1, 0.15) is 17.5 Å². The lowest BCUT2D eigenvalue weighted by Crippen LogP contribution is -2.45. The molecule has 0 aromatic carbocycles. The van der Waals surface area contributed by atoms with Gasteiger partial charge in [0, 0.05) is 32.3 Å². The summed E-state index contributed by atoms with van der Waals surface area (Å²) in [6.45, 7) is 2.95. The van der Waals surface area contributed by atoms with E-state index in [-0.39, 0.29) is 18.2 Å². The first-order valence-corrected chi connectivity index (χ1v) is 6.10. The molecule has 1 aromatic rings. The van der Waals surface area contributed by atoms with Gasteiger partial charge in [0.25, 0.3) is 0 Å². The molecule has 2 atom stereocenters. The van der Waals surface area contributed by atoms with E-state index in [9.17, 15) is 9.90 Å². The number of hydrogen-bond donors (Lipinski definition) is 3. The van der Waals surface area contributed by atoms with Crippen LogP contribution in [0.5, 0.6) is 0 Å². The average Bonchev–Trinajstić information content (AvgIpc) is 2.70. The topological polar surface area (TPSA) is 105 Å². The van der Waals surface area contributed by atoms with E-state index in [1.54, 1.807) is 0 Å². The van der Waals surface area contributed by atoms with Crippen LogP contribution >= 0.6 is 0 Å². The largest absolute Gasteiger partial charge is 0.478 e. The number of hydrogen-bond acceptors (Lipinski definition) is 6. The molecule has 2 rings (SSSR count). The van der Waals surface area contributed by atoms with Gasteiger partial charge in [0.15, 0.2) is 0 Å². The van der Waals surface area contributed by atoms with E-state index in [1.165, 1.54) is 12.5 Å². The van der Waals surface area contributed by atoms with Gasteiger partial charge < -0.3 is 20.3 Å². The Labute approximate surface area is 110 Å². The monoisotopic (exact) mass is 267 g/mol. The molecule has 104 valence electrons. The van der Waals surface area contributed by atoms with Gasteiger partial charge in [0.05, 0.1) is 11.8 Å². The molecule has 7 nitrogen and oxygen atoms in total. The third kappa shape index (κ3) is 3.06. The molecule has 1 aliphatic rings. The minimum atomic E-state index is -1.06. The fourth-order valence-corrected chi connectivity index (χ4v) is 2.07. The van der Waals surface area contributed by atoms with Gasteiger partial charge >= 0.3 is 5.97 Å². The van der Waals surface area contributed by atoms with E-state index >= 15 is 0 Å². The van der Waals surface area contributed by atoms with Crippen LogP contribution in [0.15, 0.2) is 12.5 Å². The summed E-state index contributed by atoms with van der Waals surface area (Å²) in [6, 6.07) is 0. The molecule has 1 aromatic heterocycles. The van der Waals surface area contributed by atoms with Crippen LogP contribution in [-0.2, 0) is 11.3 Å². The normalized spacial score (nSPS) is 26.5. The molecule has 2 heterocycles. The highest BCUT2D eigenvalue weighted by molar-refractivity contribution is 5.88. The van der Waals surface area contributed by atoms with Crippen molar-refractivity contribution in [2.24, 2.45) is 0 Å². The Kier molecular flexibility index (Phi) is 4.08. The highest BCUT2D eigenvalue weighted by Gasteiger charge is 2.39. The van der Waals surface area contributed by atoms with E-state index in [0.29, 0.717) is 25.3 Å². The summed E-state index contributed by atoms with van der Waals surface area (Å²) in [5.41, 5.74) is -0.438. The van der Waals surface area contributed by atoms with Crippen molar-refractivity contribution in [3.8, 4) is 0 Å². The van der Waals surface area contributed by atoms with Crippen molar-refractivity contribution in [1.82, 2.24) is 15.3 Å². The van der Waals surface area contributed by atoms with Gasteiger partial charge in [-0.05, 0) is 6.92 Å². The number of carboxylic acid groups (broad SMARTS) is 1. The molecule has 0 amide bonds. The molecule has 0 aliphatic carbocycles. The summed E-state index contributed by atoms with van der Waals surface area (Å²) < 4.78 is 5.32. The lowest BCUT2D eigenvalue weighted by Gasteiger charge is -2.26. The summed E-state index contributed by atoms with van der Waals surface area (Å²) in [7, 11) is 0. The number of nitrogens with one attached hydrogen (secondary N) is 1. The predicted molar refractivity (Wildman–Crippen MR) is 65.7 cm³/mol. The zero-order valence-corrected chi connectivity index (χ0v) is 10.7. The first kappa shape index (κ1) is 13.9. The fraction of sp³-hybridized carbons (Fsp3) is 0.583. The molecule has 1 aliphatic heterocycles. The lowest BCUT2D eigenvalue weighted by molar-refractivity contribution is -0.0263. The molecule has 0 saturated carbocycles. The Bertz CT molecular complexity index is 468. The second-order valence-electron chi connectivity index (χ2n) is 4.66. The smallest absolute Gasteiger partial charge is 0.339 e. The molecule has 0 spiro atoms. The van der Waals surface area contributed by atoms with Crippen LogP contribution in [0.25, 0.3) is 0 Å². The first-order valence-electron chi connectivity index (χ1n) is 6.10. The summed E-state index contributed by atoms with van der Waals surface area (Å²) in [4.78, 5) is 18.6. The molecule has 1 fully saturated rings. The molecule has 0 bridgehead atoms. The van der Waals surface area contributed by atoms with Gasteiger partial charge in [-0.2, -0.15) is 0 Å². The van der Waals surface area contributed by atoms with Crippen molar-refractivity contribution in [2.45, 2.75) is 31.6 Å². The van der Waals surface area contributed by atoms with Crippen molar-refractivity contribution >= 4 is 5.97 Å². The zero-order valence-electron chi connectivity index (χ0n) is 10.7. The second kappa shape index (κ2) is 5.60. The molecule has 7 heteroatoms. The van der Waals surface area contributed by atoms with Gasteiger partial charge in [-0.1, -0.05) is 0 Å². The summed E-state index contributed by atoms with van der Waals surface area (Å²) in [5.74, 6) is -1.06. The number of nitrogens with zero attached hydrogens (tertiary/aromatic N) is 2. The number of aromatic carboxylic acids is 1. The Morgan fingerprint density at radius 1 is 1.68 bits per heavy atom. The number of carboxylic acids is 1. The standard InChI is InChI=1S/C12H17N3O4/c1-8-12(18,2-3-19-8)6-13-5-10-9(11(16)17)4-14-7-15-10/h4,7-8,13,18H,2-3,5-6H2,1H3,(H,16,17). The van der Waals surface area contributed by atoms with Crippen molar-refractivity contribution in [3.63, 3.8) is 0 Å². The zero-order chi connectivity index (χ0) is 13.9. The Morgan fingerprint density at radius 2 is 2.47 bits per heavy atom. The highest BCUT2D eigenvalue weighted by Crippen LogP contribution is 2.24. The molecule has 0 radical (unpaired) electrons. The minimum Gasteiger partial charge on any atom is -0.478 e. The molecular weight excluding hydrogens is 250 g/mol. The minimum absolute atomic E-state index is 0.0673. The van der Waals surface area contributed by atoms with Crippen molar-refractivity contribution in [3.05, 3.63) is 23.8 Å². The third-order valence-corrected chi connectivity index (χ3v) is 3.41. The second-order valence-corrected chi connectivity index (χ2v) is 4.66. The van der Waals surface area contributed by atoms with Crippen molar-refractivity contribution < 1.29 is 19.7 Å². The average molecular weight is 267 g/mol. The van der Waals surface area contributed by atoms with Gasteiger partial charge in [0.2, 0.25) is 0 Å². The van der Waals surface area contributed by atoms with E-state index in [4.69, 9.17) is 9.84 Å². The van der Waals surface area contributed by atoms with E-state index in [0.717, 1.165) is 0 Å². The quantitative estimate of drug-likeness (QED) is 0.678. The van der Waals surface area contributed by atoms with Gasteiger partial charge in [-0.15, -0.1) is 0 Å². The Hall–Kier alpha value is -1.57. The molecular formula is C12H17N3O4. The number of aliphatic hydroxyl groups is 1. The van der Waals surface area contributed by atoms with Crippen molar-refractivity contribution in [1.29, 1.82) is 0 Å². The summed E-state index contributed by atoms with van der Waals surface area (Å²) in [5, 5.41) is 22.3. The third-order valence-electron chi connectivity index (χ3n) is 3.41. The summed E-state index contributed by atoms with van der Waals surface area (Å²) >= 11 is 0.